The summed E-state index contributed by atoms with van der Waals surface area (Å²) in [5, 5.41) is 15.2. The van der Waals surface area contributed by atoms with E-state index in [4.69, 9.17) is 16.3 Å². The molecular weight excluding hydrogens is 495 g/mol. The standard InChI is InChI=1S/C26H21ClF3N3O3/c1-32-24(26(28,29)30)14-22(31-32)21-12-9-19(13-23(21)34)33(15-16-3-7-18(27)8-4-16)25(35)17-5-10-20(36-2)11-6-17/h3-14,34H,15H2,1-2H3. The Morgan fingerprint density at radius 2 is 1.72 bits per heavy atom. The number of aromatic nitrogens is 2. The number of amides is 1. The number of carbonyl (C=O) groups excluding carboxylic acids is 1. The smallest absolute Gasteiger partial charge is 0.433 e. The number of methoxy groups -OCH3 is 1. The molecule has 0 spiro atoms. The summed E-state index contributed by atoms with van der Waals surface area (Å²) in [6.07, 6.45) is -4.59. The highest BCUT2D eigenvalue weighted by atomic mass is 35.5. The van der Waals surface area contributed by atoms with Crippen LogP contribution in [0.1, 0.15) is 21.6 Å². The molecule has 6 nitrogen and oxygen atoms in total. The molecule has 1 N–H and O–H groups in total. The highest BCUT2D eigenvalue weighted by Gasteiger charge is 2.35. The van der Waals surface area contributed by atoms with Crippen LogP contribution in [0.5, 0.6) is 11.5 Å². The van der Waals surface area contributed by atoms with Crippen LogP contribution in [0.15, 0.2) is 72.8 Å². The molecule has 0 aliphatic carbocycles. The van der Waals surface area contributed by atoms with Gasteiger partial charge in [-0.1, -0.05) is 23.7 Å². The van der Waals surface area contributed by atoms with Gasteiger partial charge in [0.1, 0.15) is 17.2 Å². The monoisotopic (exact) mass is 515 g/mol. The van der Waals surface area contributed by atoms with Gasteiger partial charge in [0.25, 0.3) is 5.91 Å². The van der Waals surface area contributed by atoms with Gasteiger partial charge in [-0.3, -0.25) is 9.48 Å². The molecule has 0 saturated heterocycles. The molecule has 0 atom stereocenters. The number of benzene rings is 3. The Hall–Kier alpha value is -3.98. The Morgan fingerprint density at radius 1 is 1.06 bits per heavy atom. The predicted octanol–water partition coefficient (Wildman–Crippen LogP) is 6.32. The molecule has 3 aromatic carbocycles. The first-order valence-electron chi connectivity index (χ1n) is 10.7. The Labute approximate surface area is 210 Å². The van der Waals surface area contributed by atoms with E-state index < -0.39 is 11.9 Å². The summed E-state index contributed by atoms with van der Waals surface area (Å²) in [6, 6.07) is 18.7. The molecule has 10 heteroatoms. The number of hydrogen-bond acceptors (Lipinski definition) is 4. The summed E-state index contributed by atoms with van der Waals surface area (Å²) in [7, 11) is 2.70. The van der Waals surface area contributed by atoms with Crippen LogP contribution >= 0.6 is 11.6 Å². The zero-order valence-electron chi connectivity index (χ0n) is 19.3. The molecule has 0 saturated carbocycles. The first-order chi connectivity index (χ1) is 17.1. The van der Waals surface area contributed by atoms with E-state index in [-0.39, 0.29) is 29.5 Å². The van der Waals surface area contributed by atoms with E-state index in [0.717, 1.165) is 11.6 Å². The van der Waals surface area contributed by atoms with Crippen molar-refractivity contribution in [3.8, 4) is 22.8 Å². The molecule has 0 aliphatic rings. The molecule has 0 fully saturated rings. The molecule has 1 heterocycles. The average Bonchev–Trinajstić information content (AvgIpc) is 3.25. The van der Waals surface area contributed by atoms with Gasteiger partial charge in [0.2, 0.25) is 0 Å². The van der Waals surface area contributed by atoms with Crippen LogP contribution in [0, 0.1) is 0 Å². The van der Waals surface area contributed by atoms with E-state index >= 15 is 0 Å². The Balaban J connectivity index is 1.72. The van der Waals surface area contributed by atoms with Crippen molar-refractivity contribution in [3.63, 3.8) is 0 Å². The maximum Gasteiger partial charge on any atom is 0.433 e. The molecule has 36 heavy (non-hydrogen) atoms. The van der Waals surface area contributed by atoms with Crippen molar-refractivity contribution in [1.82, 2.24) is 9.78 Å². The van der Waals surface area contributed by atoms with Gasteiger partial charge in [-0.25, -0.2) is 0 Å². The van der Waals surface area contributed by atoms with Gasteiger partial charge in [0.15, 0.2) is 0 Å². The van der Waals surface area contributed by atoms with Crippen LogP contribution in [-0.2, 0) is 19.8 Å². The maximum atomic E-state index is 13.5. The minimum Gasteiger partial charge on any atom is -0.507 e. The number of alkyl halides is 3. The number of rotatable bonds is 6. The fraction of sp³-hybridized carbons (Fsp3) is 0.154. The molecule has 1 aromatic heterocycles. The van der Waals surface area contributed by atoms with E-state index in [2.05, 4.69) is 5.10 Å². The normalized spacial score (nSPS) is 11.4. The number of aromatic hydroxyl groups is 1. The van der Waals surface area contributed by atoms with E-state index in [1.807, 2.05) is 0 Å². The topological polar surface area (TPSA) is 67.6 Å². The minimum atomic E-state index is -4.59. The fourth-order valence-electron chi connectivity index (χ4n) is 3.71. The zero-order valence-corrected chi connectivity index (χ0v) is 20.0. The predicted molar refractivity (Wildman–Crippen MR) is 130 cm³/mol. The molecular formula is C26H21ClF3N3O3. The number of anilines is 1. The summed E-state index contributed by atoms with van der Waals surface area (Å²) in [4.78, 5) is 14.9. The van der Waals surface area contributed by atoms with Crippen molar-refractivity contribution in [3.05, 3.63) is 94.6 Å². The Kier molecular flexibility index (Phi) is 6.94. The highest BCUT2D eigenvalue weighted by Crippen LogP contribution is 2.37. The van der Waals surface area contributed by atoms with Gasteiger partial charge in [-0.2, -0.15) is 18.3 Å². The van der Waals surface area contributed by atoms with Gasteiger partial charge in [0, 0.05) is 35.0 Å². The van der Waals surface area contributed by atoms with Crippen LogP contribution < -0.4 is 9.64 Å². The summed E-state index contributed by atoms with van der Waals surface area (Å²) >= 11 is 5.99. The Bertz CT molecular complexity index is 1380. The number of phenols is 1. The third-order valence-electron chi connectivity index (χ3n) is 5.58. The number of nitrogens with zero attached hydrogens (tertiary/aromatic N) is 3. The minimum absolute atomic E-state index is 0.0420. The summed E-state index contributed by atoms with van der Waals surface area (Å²) in [5.41, 5.74) is 0.629. The molecule has 1 amide bonds. The lowest BCUT2D eigenvalue weighted by Gasteiger charge is -2.24. The molecule has 186 valence electrons. The zero-order chi connectivity index (χ0) is 26.0. The average molecular weight is 516 g/mol. The summed E-state index contributed by atoms with van der Waals surface area (Å²) in [5.74, 6) is -0.0775. The quantitative estimate of drug-likeness (QED) is 0.326. The third-order valence-corrected chi connectivity index (χ3v) is 5.83. The van der Waals surface area contributed by atoms with Gasteiger partial charge < -0.3 is 14.7 Å². The molecule has 0 radical (unpaired) electrons. The second kappa shape index (κ2) is 9.94. The first kappa shape index (κ1) is 25.1. The van der Waals surface area contributed by atoms with Crippen molar-refractivity contribution in [2.24, 2.45) is 7.05 Å². The first-order valence-corrected chi connectivity index (χ1v) is 11.1. The maximum absolute atomic E-state index is 13.5. The number of halogens is 4. The number of aryl methyl sites for hydroxylation is 1. The third kappa shape index (κ3) is 5.31. The number of hydrogen-bond donors (Lipinski definition) is 1. The SMILES string of the molecule is COc1ccc(C(=O)N(Cc2ccc(Cl)cc2)c2ccc(-c3cc(C(F)(F)F)n(C)n3)c(O)c2)cc1. The van der Waals surface area contributed by atoms with Crippen molar-refractivity contribution in [2.45, 2.75) is 12.7 Å². The molecule has 4 rings (SSSR count). The van der Waals surface area contributed by atoms with Gasteiger partial charge in [0.05, 0.1) is 19.3 Å². The van der Waals surface area contributed by atoms with Gasteiger partial charge in [-0.15, -0.1) is 0 Å². The van der Waals surface area contributed by atoms with Crippen molar-refractivity contribution in [2.75, 3.05) is 12.0 Å². The van der Waals surface area contributed by atoms with Crippen LogP contribution in [0.25, 0.3) is 11.3 Å². The van der Waals surface area contributed by atoms with E-state index in [0.29, 0.717) is 26.7 Å². The summed E-state index contributed by atoms with van der Waals surface area (Å²) < 4.78 is 45.4. The highest BCUT2D eigenvalue weighted by molar-refractivity contribution is 6.30. The molecule has 4 aromatic rings. The lowest BCUT2D eigenvalue weighted by atomic mass is 10.1. The van der Waals surface area contributed by atoms with Crippen molar-refractivity contribution >= 4 is 23.2 Å². The number of ether oxygens (including phenoxy) is 1. The van der Waals surface area contributed by atoms with Crippen LogP contribution in [0.3, 0.4) is 0 Å². The molecule has 0 bridgehead atoms. The Morgan fingerprint density at radius 3 is 2.28 bits per heavy atom. The van der Waals surface area contributed by atoms with Crippen molar-refractivity contribution in [1.29, 1.82) is 0 Å². The molecule has 0 unspecified atom stereocenters. The van der Waals surface area contributed by atoms with E-state index in [1.54, 1.807) is 54.6 Å². The van der Waals surface area contributed by atoms with Crippen molar-refractivity contribution < 1.29 is 27.8 Å². The summed E-state index contributed by atoms with van der Waals surface area (Å²) in [6.45, 7) is 0.155. The van der Waals surface area contributed by atoms with E-state index in [9.17, 15) is 23.1 Å². The van der Waals surface area contributed by atoms with Crippen LogP contribution in [0.4, 0.5) is 18.9 Å². The van der Waals surface area contributed by atoms with Gasteiger partial charge in [-0.05, 0) is 60.2 Å². The largest absolute Gasteiger partial charge is 0.507 e. The lowest BCUT2D eigenvalue weighted by Crippen LogP contribution is -2.30. The second-order valence-electron chi connectivity index (χ2n) is 7.98. The fourth-order valence-corrected chi connectivity index (χ4v) is 3.84. The van der Waals surface area contributed by atoms with Crippen LogP contribution in [-0.4, -0.2) is 27.9 Å². The molecule has 0 aliphatic heterocycles. The number of carbonyl (C=O) groups is 1. The van der Waals surface area contributed by atoms with Gasteiger partial charge >= 0.3 is 6.18 Å². The lowest BCUT2D eigenvalue weighted by molar-refractivity contribution is -0.143. The van der Waals surface area contributed by atoms with Crippen LogP contribution in [0.2, 0.25) is 5.02 Å². The second-order valence-corrected chi connectivity index (χ2v) is 8.42. The number of phenolic OH excluding ortho intramolecular Hbond substituents is 1. The van der Waals surface area contributed by atoms with E-state index in [1.165, 1.54) is 31.2 Å².